The first-order valence-corrected chi connectivity index (χ1v) is 11.4. The molecule has 0 unspecified atom stereocenters. The Morgan fingerprint density at radius 1 is 1.27 bits per heavy atom. The van der Waals surface area contributed by atoms with E-state index in [9.17, 15) is 9.59 Å². The normalized spacial score (nSPS) is 13.0. The number of aliphatic imine (C=N–C) groups is 1. The SMILES string of the molecule is CCOC(=O)N1CCc2c(sc(N=Cc3cccnc3)c2C(=O)Nc2ccc(OC)cc2)C1. The second-order valence-electron chi connectivity index (χ2n) is 7.28. The number of thiophene rings is 1. The minimum atomic E-state index is -0.346. The van der Waals surface area contributed by atoms with Crippen LogP contribution in [0, 0.1) is 0 Å². The van der Waals surface area contributed by atoms with Gasteiger partial charge in [-0.25, -0.2) is 9.79 Å². The fourth-order valence-corrected chi connectivity index (χ4v) is 4.74. The van der Waals surface area contributed by atoms with Crippen LogP contribution in [0.15, 0.2) is 53.8 Å². The number of hydrogen-bond donors (Lipinski definition) is 1. The molecular formula is C24H24N4O4S. The monoisotopic (exact) mass is 464 g/mol. The van der Waals surface area contributed by atoms with Gasteiger partial charge in [0.05, 0.1) is 25.8 Å². The zero-order chi connectivity index (χ0) is 23.2. The van der Waals surface area contributed by atoms with Gasteiger partial charge in [0.1, 0.15) is 10.8 Å². The van der Waals surface area contributed by atoms with E-state index in [4.69, 9.17) is 9.47 Å². The predicted molar refractivity (Wildman–Crippen MR) is 128 cm³/mol. The summed E-state index contributed by atoms with van der Waals surface area (Å²) in [6.07, 6.45) is 5.30. The highest BCUT2D eigenvalue weighted by Crippen LogP contribution is 2.39. The smallest absolute Gasteiger partial charge is 0.410 e. The molecule has 1 aliphatic rings. The molecule has 2 aromatic heterocycles. The Morgan fingerprint density at radius 3 is 2.79 bits per heavy atom. The van der Waals surface area contributed by atoms with Gasteiger partial charge in [-0.3, -0.25) is 9.78 Å². The molecule has 8 nitrogen and oxygen atoms in total. The molecule has 9 heteroatoms. The van der Waals surface area contributed by atoms with Gasteiger partial charge in [-0.1, -0.05) is 6.07 Å². The predicted octanol–water partition coefficient (Wildman–Crippen LogP) is 4.67. The average Bonchev–Trinajstić information content (AvgIpc) is 3.21. The van der Waals surface area contributed by atoms with E-state index in [-0.39, 0.29) is 12.0 Å². The number of nitrogens with zero attached hydrogens (tertiary/aromatic N) is 3. The van der Waals surface area contributed by atoms with E-state index in [0.29, 0.717) is 48.1 Å². The number of carbonyl (C=O) groups is 2. The first-order valence-electron chi connectivity index (χ1n) is 10.5. The summed E-state index contributed by atoms with van der Waals surface area (Å²) >= 11 is 1.42. The van der Waals surface area contributed by atoms with Crippen molar-refractivity contribution in [3.63, 3.8) is 0 Å². The van der Waals surface area contributed by atoms with E-state index in [2.05, 4.69) is 15.3 Å². The van der Waals surface area contributed by atoms with Crippen molar-refractivity contribution in [2.75, 3.05) is 25.6 Å². The highest BCUT2D eigenvalue weighted by molar-refractivity contribution is 7.16. The van der Waals surface area contributed by atoms with Crippen LogP contribution < -0.4 is 10.1 Å². The summed E-state index contributed by atoms with van der Waals surface area (Å²) in [5, 5.41) is 3.56. The number of ether oxygens (including phenoxy) is 2. The summed E-state index contributed by atoms with van der Waals surface area (Å²) < 4.78 is 10.3. The van der Waals surface area contributed by atoms with Gasteiger partial charge in [0.25, 0.3) is 5.91 Å². The second-order valence-corrected chi connectivity index (χ2v) is 8.37. The standard InChI is InChI=1S/C24H24N4O4S/c1-3-32-24(30)28-12-10-19-20(15-28)33-23(26-14-16-5-4-11-25-13-16)21(19)22(29)27-17-6-8-18(31-2)9-7-17/h4-9,11,13-14H,3,10,12,15H2,1-2H3,(H,27,29). The molecule has 0 fully saturated rings. The van der Waals surface area contributed by atoms with Gasteiger partial charge in [0, 0.05) is 41.3 Å². The quantitative estimate of drug-likeness (QED) is 0.535. The van der Waals surface area contributed by atoms with Gasteiger partial charge in [-0.05, 0) is 49.2 Å². The van der Waals surface area contributed by atoms with Crippen molar-refractivity contribution in [3.8, 4) is 5.75 Å². The summed E-state index contributed by atoms with van der Waals surface area (Å²) in [5.41, 5.74) is 2.95. The molecule has 1 N–H and O–H groups in total. The lowest BCUT2D eigenvalue weighted by Gasteiger charge is -2.26. The number of hydrogen-bond acceptors (Lipinski definition) is 7. The van der Waals surface area contributed by atoms with Crippen LogP contribution in [0.2, 0.25) is 0 Å². The van der Waals surface area contributed by atoms with Crippen LogP contribution in [0.1, 0.15) is 33.3 Å². The van der Waals surface area contributed by atoms with Crippen LogP contribution in [0.25, 0.3) is 0 Å². The number of amides is 2. The van der Waals surface area contributed by atoms with E-state index in [1.807, 2.05) is 12.1 Å². The van der Waals surface area contributed by atoms with E-state index in [1.165, 1.54) is 11.3 Å². The first-order chi connectivity index (χ1) is 16.1. The maximum absolute atomic E-state index is 13.3. The zero-order valence-electron chi connectivity index (χ0n) is 18.4. The number of carbonyl (C=O) groups excluding carboxylic acids is 2. The molecule has 0 aliphatic carbocycles. The molecule has 1 aliphatic heterocycles. The molecule has 0 bridgehead atoms. The van der Waals surface area contributed by atoms with E-state index in [0.717, 1.165) is 16.0 Å². The van der Waals surface area contributed by atoms with Crippen molar-refractivity contribution in [2.24, 2.45) is 4.99 Å². The molecule has 0 atom stereocenters. The molecule has 2 amide bonds. The third-order valence-corrected chi connectivity index (χ3v) is 6.28. The summed E-state index contributed by atoms with van der Waals surface area (Å²) in [7, 11) is 1.59. The number of fused-ring (bicyclic) bond motifs is 1. The molecule has 170 valence electrons. The van der Waals surface area contributed by atoms with Crippen LogP contribution in [0.5, 0.6) is 5.75 Å². The second kappa shape index (κ2) is 10.3. The molecular weight excluding hydrogens is 440 g/mol. The van der Waals surface area contributed by atoms with Crippen molar-refractivity contribution >= 4 is 40.2 Å². The number of pyridine rings is 1. The minimum Gasteiger partial charge on any atom is -0.497 e. The fraction of sp³-hybridized carbons (Fsp3) is 0.250. The maximum Gasteiger partial charge on any atom is 0.410 e. The summed E-state index contributed by atoms with van der Waals surface area (Å²) in [6, 6.07) is 10.9. The molecule has 4 rings (SSSR count). The van der Waals surface area contributed by atoms with E-state index < -0.39 is 0 Å². The van der Waals surface area contributed by atoms with E-state index in [1.54, 1.807) is 61.8 Å². The molecule has 0 spiro atoms. The Hall–Kier alpha value is -3.72. The number of aromatic nitrogens is 1. The number of rotatable bonds is 6. The Morgan fingerprint density at radius 2 is 2.09 bits per heavy atom. The summed E-state index contributed by atoms with van der Waals surface area (Å²) in [6.45, 7) is 2.98. The first kappa shape index (κ1) is 22.5. The van der Waals surface area contributed by atoms with E-state index >= 15 is 0 Å². The van der Waals surface area contributed by atoms with Crippen LogP contribution in [-0.4, -0.2) is 48.4 Å². The Labute approximate surface area is 195 Å². The third-order valence-electron chi connectivity index (χ3n) is 5.15. The van der Waals surface area contributed by atoms with Crippen molar-refractivity contribution in [3.05, 3.63) is 70.4 Å². The van der Waals surface area contributed by atoms with Crippen molar-refractivity contribution in [2.45, 2.75) is 19.9 Å². The molecule has 3 heterocycles. The summed E-state index contributed by atoms with van der Waals surface area (Å²) in [5.74, 6) is 0.474. The zero-order valence-corrected chi connectivity index (χ0v) is 19.2. The van der Waals surface area contributed by atoms with Gasteiger partial charge in [-0.15, -0.1) is 11.3 Å². The number of nitrogens with one attached hydrogen (secondary N) is 1. The lowest BCUT2D eigenvalue weighted by molar-refractivity contribution is 0.102. The van der Waals surface area contributed by atoms with Crippen LogP contribution >= 0.6 is 11.3 Å². The lowest BCUT2D eigenvalue weighted by Crippen LogP contribution is -2.36. The van der Waals surface area contributed by atoms with Gasteiger partial charge in [0.15, 0.2) is 0 Å². The van der Waals surface area contributed by atoms with Gasteiger partial charge in [0.2, 0.25) is 0 Å². The van der Waals surface area contributed by atoms with Gasteiger partial charge in [-0.2, -0.15) is 0 Å². The average molecular weight is 465 g/mol. The van der Waals surface area contributed by atoms with Crippen LogP contribution in [0.3, 0.4) is 0 Å². The van der Waals surface area contributed by atoms with Gasteiger partial charge < -0.3 is 19.7 Å². The molecule has 0 saturated heterocycles. The molecule has 1 aromatic carbocycles. The number of benzene rings is 1. The number of anilines is 1. The van der Waals surface area contributed by atoms with Crippen molar-refractivity contribution < 1.29 is 19.1 Å². The Balaban J connectivity index is 1.65. The minimum absolute atomic E-state index is 0.236. The molecule has 0 radical (unpaired) electrons. The topological polar surface area (TPSA) is 93.1 Å². The highest BCUT2D eigenvalue weighted by atomic mass is 32.1. The van der Waals surface area contributed by atoms with Crippen molar-refractivity contribution in [1.82, 2.24) is 9.88 Å². The Bertz CT molecular complexity index is 1160. The largest absolute Gasteiger partial charge is 0.497 e. The maximum atomic E-state index is 13.3. The van der Waals surface area contributed by atoms with Crippen LogP contribution in [-0.2, 0) is 17.7 Å². The molecule has 0 saturated carbocycles. The fourth-order valence-electron chi connectivity index (χ4n) is 3.54. The van der Waals surface area contributed by atoms with Gasteiger partial charge >= 0.3 is 6.09 Å². The molecule has 33 heavy (non-hydrogen) atoms. The number of methoxy groups -OCH3 is 1. The highest BCUT2D eigenvalue weighted by Gasteiger charge is 2.30. The van der Waals surface area contributed by atoms with Crippen LogP contribution in [0.4, 0.5) is 15.5 Å². The Kier molecular flexibility index (Phi) is 6.99. The lowest BCUT2D eigenvalue weighted by atomic mass is 10.0. The summed E-state index contributed by atoms with van der Waals surface area (Å²) in [4.78, 5) is 36.9. The third kappa shape index (κ3) is 5.20. The molecule has 3 aromatic rings. The van der Waals surface area contributed by atoms with Crippen molar-refractivity contribution in [1.29, 1.82) is 0 Å².